The van der Waals surface area contributed by atoms with E-state index in [0.717, 1.165) is 25.8 Å². The number of halogens is 1. The molecule has 0 aliphatic carbocycles. The van der Waals surface area contributed by atoms with Gasteiger partial charge in [0, 0.05) is 13.1 Å². The molecule has 0 bridgehead atoms. The second-order valence-electron chi connectivity index (χ2n) is 3.90. The first-order valence-electron chi connectivity index (χ1n) is 5.28. The Morgan fingerprint density at radius 3 is 2.80 bits per heavy atom. The SMILES string of the molecule is CCC(Br)C(=O)N1CCCC(C(N)=O)C1. The van der Waals surface area contributed by atoms with E-state index in [1.165, 1.54) is 0 Å². The second kappa shape index (κ2) is 5.49. The molecule has 0 aromatic carbocycles. The first kappa shape index (κ1) is 12.5. The van der Waals surface area contributed by atoms with Crippen molar-refractivity contribution >= 4 is 27.7 Å². The zero-order valence-corrected chi connectivity index (χ0v) is 10.5. The van der Waals surface area contributed by atoms with Crippen molar-refractivity contribution < 1.29 is 9.59 Å². The number of primary amides is 1. The van der Waals surface area contributed by atoms with Crippen molar-refractivity contribution in [3.05, 3.63) is 0 Å². The summed E-state index contributed by atoms with van der Waals surface area (Å²) >= 11 is 3.33. The van der Waals surface area contributed by atoms with E-state index in [9.17, 15) is 9.59 Å². The van der Waals surface area contributed by atoms with Crippen molar-refractivity contribution in [1.82, 2.24) is 4.90 Å². The summed E-state index contributed by atoms with van der Waals surface area (Å²) in [6, 6.07) is 0. The minimum absolute atomic E-state index is 0.0726. The largest absolute Gasteiger partial charge is 0.369 e. The van der Waals surface area contributed by atoms with Crippen LogP contribution in [-0.4, -0.2) is 34.6 Å². The number of likely N-dealkylation sites (tertiary alicyclic amines) is 1. The molecule has 2 atom stereocenters. The van der Waals surface area contributed by atoms with E-state index in [2.05, 4.69) is 15.9 Å². The Balaban J connectivity index is 2.56. The van der Waals surface area contributed by atoms with Crippen LogP contribution >= 0.6 is 15.9 Å². The molecule has 1 rings (SSSR count). The lowest BCUT2D eigenvalue weighted by Crippen LogP contribution is -2.46. The van der Waals surface area contributed by atoms with Crippen LogP contribution in [0.4, 0.5) is 0 Å². The Bertz CT molecular complexity index is 258. The minimum atomic E-state index is -0.296. The van der Waals surface area contributed by atoms with Crippen LogP contribution in [0.1, 0.15) is 26.2 Å². The lowest BCUT2D eigenvalue weighted by molar-refractivity contribution is -0.134. The van der Waals surface area contributed by atoms with Gasteiger partial charge in [-0.15, -0.1) is 0 Å². The van der Waals surface area contributed by atoms with Crippen molar-refractivity contribution in [2.24, 2.45) is 11.7 Å². The first-order chi connectivity index (χ1) is 7.06. The molecule has 86 valence electrons. The lowest BCUT2D eigenvalue weighted by Gasteiger charge is -2.32. The topological polar surface area (TPSA) is 63.4 Å². The number of piperidine rings is 1. The molecular formula is C10H17BrN2O2. The van der Waals surface area contributed by atoms with Crippen LogP contribution < -0.4 is 5.73 Å². The van der Waals surface area contributed by atoms with Gasteiger partial charge in [-0.05, 0) is 19.3 Å². The van der Waals surface area contributed by atoms with Crippen LogP contribution in [0.25, 0.3) is 0 Å². The molecule has 0 spiro atoms. The maximum atomic E-state index is 11.8. The highest BCUT2D eigenvalue weighted by Gasteiger charge is 2.29. The van der Waals surface area contributed by atoms with Crippen molar-refractivity contribution in [3.8, 4) is 0 Å². The van der Waals surface area contributed by atoms with E-state index in [1.807, 2.05) is 6.92 Å². The number of carbonyl (C=O) groups excluding carboxylic acids is 2. The molecule has 1 fully saturated rings. The summed E-state index contributed by atoms with van der Waals surface area (Å²) in [4.78, 5) is 24.5. The van der Waals surface area contributed by atoms with Crippen LogP contribution in [0.3, 0.4) is 0 Å². The molecule has 2 N–H and O–H groups in total. The Kier molecular flexibility index (Phi) is 4.57. The Hall–Kier alpha value is -0.580. The average molecular weight is 277 g/mol. The fraction of sp³-hybridized carbons (Fsp3) is 0.800. The number of nitrogens with two attached hydrogens (primary N) is 1. The highest BCUT2D eigenvalue weighted by molar-refractivity contribution is 9.10. The van der Waals surface area contributed by atoms with Crippen molar-refractivity contribution in [3.63, 3.8) is 0 Å². The molecule has 5 heteroatoms. The molecule has 0 radical (unpaired) electrons. The van der Waals surface area contributed by atoms with Gasteiger partial charge in [0.15, 0.2) is 0 Å². The maximum Gasteiger partial charge on any atom is 0.236 e. The van der Waals surface area contributed by atoms with Gasteiger partial charge in [0.05, 0.1) is 10.7 Å². The lowest BCUT2D eigenvalue weighted by atomic mass is 9.97. The highest BCUT2D eigenvalue weighted by atomic mass is 79.9. The van der Waals surface area contributed by atoms with Crippen molar-refractivity contribution in [2.75, 3.05) is 13.1 Å². The molecule has 0 saturated carbocycles. The predicted octanol–water partition coefficient (Wildman–Crippen LogP) is 0.884. The summed E-state index contributed by atoms with van der Waals surface area (Å²) in [7, 11) is 0. The van der Waals surface area contributed by atoms with E-state index in [0.29, 0.717) is 6.54 Å². The van der Waals surface area contributed by atoms with Gasteiger partial charge in [-0.2, -0.15) is 0 Å². The van der Waals surface area contributed by atoms with Gasteiger partial charge >= 0.3 is 0 Å². The van der Waals surface area contributed by atoms with Gasteiger partial charge < -0.3 is 10.6 Å². The molecule has 0 aromatic heterocycles. The summed E-state index contributed by atoms with van der Waals surface area (Å²) in [5.74, 6) is -0.391. The molecule has 2 amide bonds. The zero-order chi connectivity index (χ0) is 11.4. The first-order valence-corrected chi connectivity index (χ1v) is 6.20. The van der Waals surface area contributed by atoms with E-state index in [-0.39, 0.29) is 22.6 Å². The zero-order valence-electron chi connectivity index (χ0n) is 8.91. The Labute approximate surface area is 98.3 Å². The van der Waals surface area contributed by atoms with Gasteiger partial charge in [0.25, 0.3) is 0 Å². The quantitative estimate of drug-likeness (QED) is 0.778. The van der Waals surface area contributed by atoms with Gasteiger partial charge in [-0.1, -0.05) is 22.9 Å². The highest BCUT2D eigenvalue weighted by Crippen LogP contribution is 2.19. The third-order valence-corrected chi connectivity index (χ3v) is 3.80. The number of alkyl halides is 1. The number of hydrogen-bond acceptors (Lipinski definition) is 2. The summed E-state index contributed by atoms with van der Waals surface area (Å²) in [5.41, 5.74) is 5.25. The third-order valence-electron chi connectivity index (χ3n) is 2.76. The number of nitrogens with zero attached hydrogens (tertiary/aromatic N) is 1. The number of hydrogen-bond donors (Lipinski definition) is 1. The van der Waals surface area contributed by atoms with Gasteiger partial charge in [0.1, 0.15) is 0 Å². The van der Waals surface area contributed by atoms with E-state index in [4.69, 9.17) is 5.73 Å². The van der Waals surface area contributed by atoms with E-state index >= 15 is 0 Å². The van der Waals surface area contributed by atoms with E-state index < -0.39 is 0 Å². The molecule has 1 aliphatic rings. The van der Waals surface area contributed by atoms with Crippen LogP contribution in [0.15, 0.2) is 0 Å². The monoisotopic (exact) mass is 276 g/mol. The van der Waals surface area contributed by atoms with Gasteiger partial charge in [-0.25, -0.2) is 0 Å². The average Bonchev–Trinajstić information content (AvgIpc) is 2.27. The molecule has 4 nitrogen and oxygen atoms in total. The van der Waals surface area contributed by atoms with Crippen molar-refractivity contribution in [1.29, 1.82) is 0 Å². The van der Waals surface area contributed by atoms with E-state index in [1.54, 1.807) is 4.90 Å². The van der Waals surface area contributed by atoms with Gasteiger partial charge in [0.2, 0.25) is 11.8 Å². The molecule has 1 saturated heterocycles. The van der Waals surface area contributed by atoms with Crippen LogP contribution in [0.2, 0.25) is 0 Å². The summed E-state index contributed by atoms with van der Waals surface area (Å²) in [6.07, 6.45) is 2.43. The molecule has 1 heterocycles. The molecule has 2 unspecified atom stereocenters. The fourth-order valence-electron chi connectivity index (χ4n) is 1.78. The smallest absolute Gasteiger partial charge is 0.236 e. The fourth-order valence-corrected chi connectivity index (χ4v) is 2.07. The molecule has 0 aromatic rings. The normalized spacial score (nSPS) is 23.6. The molecular weight excluding hydrogens is 260 g/mol. The summed E-state index contributed by atoms with van der Waals surface area (Å²) in [6.45, 7) is 3.17. The Morgan fingerprint density at radius 1 is 1.60 bits per heavy atom. The van der Waals surface area contributed by atoms with Gasteiger partial charge in [-0.3, -0.25) is 9.59 Å². The second-order valence-corrected chi connectivity index (χ2v) is 5.01. The summed E-state index contributed by atoms with van der Waals surface area (Å²) in [5, 5.41) is 0. The number of rotatable bonds is 3. The molecule has 15 heavy (non-hydrogen) atoms. The maximum absolute atomic E-state index is 11.8. The van der Waals surface area contributed by atoms with Crippen LogP contribution in [0.5, 0.6) is 0 Å². The standard InChI is InChI=1S/C10H17BrN2O2/c1-2-8(11)10(15)13-5-3-4-7(6-13)9(12)14/h7-8H,2-6H2,1H3,(H2,12,14). The summed E-state index contributed by atoms with van der Waals surface area (Å²) < 4.78 is 0. The predicted molar refractivity (Wildman–Crippen MR) is 61.5 cm³/mol. The molecule has 1 aliphatic heterocycles. The Morgan fingerprint density at radius 2 is 2.27 bits per heavy atom. The van der Waals surface area contributed by atoms with Crippen LogP contribution in [-0.2, 0) is 9.59 Å². The third kappa shape index (κ3) is 3.19. The van der Waals surface area contributed by atoms with Crippen LogP contribution in [0, 0.1) is 5.92 Å². The van der Waals surface area contributed by atoms with Crippen molar-refractivity contribution in [2.45, 2.75) is 31.0 Å². The number of amides is 2. The minimum Gasteiger partial charge on any atom is -0.369 e. The number of carbonyl (C=O) groups is 2.